The van der Waals surface area contributed by atoms with Gasteiger partial charge in [-0.3, -0.25) is 4.79 Å². The zero-order chi connectivity index (χ0) is 18.9. The molecule has 0 aromatic carbocycles. The van der Waals surface area contributed by atoms with Crippen LogP contribution in [0.15, 0.2) is 12.2 Å². The van der Waals surface area contributed by atoms with Crippen molar-refractivity contribution >= 4 is 5.78 Å². The zero-order valence-corrected chi connectivity index (χ0v) is 15.3. The van der Waals surface area contributed by atoms with E-state index in [1.54, 1.807) is 0 Å². The van der Waals surface area contributed by atoms with Crippen molar-refractivity contribution in [1.82, 2.24) is 0 Å². The molecule has 6 nitrogen and oxygen atoms in total. The lowest BCUT2D eigenvalue weighted by Crippen LogP contribution is -2.85. The first-order chi connectivity index (χ1) is 12.1. The lowest BCUT2D eigenvalue weighted by atomic mass is 9.36. The maximum absolute atomic E-state index is 13.4. The molecule has 2 saturated heterocycles. The smallest absolute Gasteiger partial charge is 0.208 e. The second kappa shape index (κ2) is 4.61. The molecule has 26 heavy (non-hydrogen) atoms. The summed E-state index contributed by atoms with van der Waals surface area (Å²) in [4.78, 5) is 13.4. The molecular weight excluding hydrogens is 336 g/mol. The molecular formula is C20H28O6. The Hall–Kier alpha value is -0.790. The molecule has 2 aliphatic heterocycles. The van der Waals surface area contributed by atoms with E-state index in [-0.39, 0.29) is 29.9 Å². The van der Waals surface area contributed by atoms with Gasteiger partial charge in [0.2, 0.25) is 5.79 Å². The van der Waals surface area contributed by atoms with E-state index < -0.39 is 52.5 Å². The van der Waals surface area contributed by atoms with E-state index in [0.29, 0.717) is 6.42 Å². The van der Waals surface area contributed by atoms with Crippen LogP contribution in [0.4, 0.5) is 0 Å². The normalized spacial score (nSPS) is 59.9. The summed E-state index contributed by atoms with van der Waals surface area (Å²) in [6, 6.07) is 0. The highest BCUT2D eigenvalue weighted by molar-refractivity contribution is 6.05. The van der Waals surface area contributed by atoms with Crippen molar-refractivity contribution < 1.29 is 30.0 Å². The molecule has 2 heterocycles. The molecule has 4 aliphatic carbocycles. The van der Waals surface area contributed by atoms with Gasteiger partial charge in [-0.25, -0.2) is 0 Å². The maximum atomic E-state index is 13.4. The van der Waals surface area contributed by atoms with Gasteiger partial charge in [-0.1, -0.05) is 26.8 Å². The fraction of sp³-hybridized carbons (Fsp3) is 0.850. The number of hydrogen-bond acceptors (Lipinski definition) is 6. The third-order valence-electron chi connectivity index (χ3n) is 8.75. The molecule has 144 valence electrons. The van der Waals surface area contributed by atoms with Crippen molar-refractivity contribution in [3.05, 3.63) is 12.2 Å². The molecule has 0 aromatic rings. The first-order valence-corrected chi connectivity index (χ1v) is 9.70. The van der Waals surface area contributed by atoms with Crippen molar-refractivity contribution in [2.24, 2.45) is 34.0 Å². The summed E-state index contributed by atoms with van der Waals surface area (Å²) in [5.41, 5.74) is -2.40. The predicted octanol–water partition coefficient (Wildman–Crippen LogP) is 0.376. The van der Waals surface area contributed by atoms with E-state index in [1.807, 2.05) is 0 Å². The number of rotatable bonds is 0. The molecule has 6 fully saturated rings. The molecule has 1 unspecified atom stereocenters. The fourth-order valence-electron chi connectivity index (χ4n) is 8.03. The van der Waals surface area contributed by atoms with Crippen molar-refractivity contribution in [3.8, 4) is 0 Å². The van der Waals surface area contributed by atoms with Crippen LogP contribution in [0, 0.1) is 34.0 Å². The number of carbonyl (C=O) groups is 1. The first kappa shape index (κ1) is 17.3. The number of hydrogen-bond donors (Lipinski definition) is 4. The Labute approximate surface area is 152 Å². The summed E-state index contributed by atoms with van der Waals surface area (Å²) in [6.45, 7) is 8.18. The summed E-state index contributed by atoms with van der Waals surface area (Å²) >= 11 is 0. The van der Waals surface area contributed by atoms with E-state index in [4.69, 9.17) is 4.74 Å². The Bertz CT molecular complexity index is 717. The van der Waals surface area contributed by atoms with Crippen molar-refractivity contribution in [1.29, 1.82) is 0 Å². The Morgan fingerprint density at radius 1 is 1.12 bits per heavy atom. The average molecular weight is 364 g/mol. The van der Waals surface area contributed by atoms with Crippen molar-refractivity contribution in [2.75, 3.05) is 6.61 Å². The predicted molar refractivity (Wildman–Crippen MR) is 90.7 cm³/mol. The molecule has 4 saturated carbocycles. The topological polar surface area (TPSA) is 107 Å². The summed E-state index contributed by atoms with van der Waals surface area (Å²) in [5.74, 6) is -4.19. The maximum Gasteiger partial charge on any atom is 0.208 e. The highest BCUT2D eigenvalue weighted by Crippen LogP contribution is 2.76. The van der Waals surface area contributed by atoms with E-state index in [1.165, 1.54) is 0 Å². The SMILES string of the molecule is C=C1C(=O)[C@]23[C@H](O)[C@H]1C[C@H](O)[C@H]2C12CCCC(C)(C)[C@@H]1[C@H](O)[C@@]3(O)OC2. The largest absolute Gasteiger partial charge is 0.393 e. The molecule has 4 bridgehead atoms. The van der Waals surface area contributed by atoms with Crippen LogP contribution in [0.1, 0.15) is 39.5 Å². The van der Waals surface area contributed by atoms with Gasteiger partial charge in [-0.15, -0.1) is 0 Å². The third-order valence-corrected chi connectivity index (χ3v) is 8.75. The minimum absolute atomic E-state index is 0.190. The zero-order valence-electron chi connectivity index (χ0n) is 15.3. The van der Waals surface area contributed by atoms with Crippen LogP contribution in [0.2, 0.25) is 0 Å². The van der Waals surface area contributed by atoms with Crippen LogP contribution in [0.3, 0.4) is 0 Å². The van der Waals surface area contributed by atoms with Crippen LogP contribution in [0.25, 0.3) is 0 Å². The second-order valence-electron chi connectivity index (χ2n) is 10.0. The third kappa shape index (κ3) is 1.44. The molecule has 0 aromatic heterocycles. The molecule has 6 rings (SSSR count). The Morgan fingerprint density at radius 2 is 1.81 bits per heavy atom. The van der Waals surface area contributed by atoms with Crippen LogP contribution in [-0.4, -0.2) is 56.9 Å². The molecule has 6 heteroatoms. The van der Waals surface area contributed by atoms with Crippen LogP contribution in [0.5, 0.6) is 0 Å². The van der Waals surface area contributed by atoms with Crippen molar-refractivity contribution in [3.63, 3.8) is 0 Å². The van der Waals surface area contributed by atoms with Gasteiger partial charge in [0.1, 0.15) is 11.5 Å². The van der Waals surface area contributed by atoms with Gasteiger partial charge in [-0.2, -0.15) is 0 Å². The fourth-order valence-corrected chi connectivity index (χ4v) is 8.03. The summed E-state index contributed by atoms with van der Waals surface area (Å²) in [6.07, 6.45) is -0.572. The lowest BCUT2D eigenvalue weighted by molar-refractivity contribution is -0.456. The van der Waals surface area contributed by atoms with Gasteiger partial charge in [-0.05, 0) is 30.3 Å². The van der Waals surface area contributed by atoms with Crippen LogP contribution < -0.4 is 0 Å². The first-order valence-electron chi connectivity index (χ1n) is 9.70. The molecule has 4 N–H and O–H groups in total. The van der Waals surface area contributed by atoms with E-state index in [2.05, 4.69) is 20.4 Å². The van der Waals surface area contributed by atoms with E-state index in [9.17, 15) is 25.2 Å². The number of ketones is 1. The summed E-state index contributed by atoms with van der Waals surface area (Å²) in [5, 5.41) is 45.1. The van der Waals surface area contributed by atoms with Gasteiger partial charge in [0, 0.05) is 23.2 Å². The number of aliphatic hydroxyl groups excluding tert-OH is 3. The van der Waals surface area contributed by atoms with Crippen LogP contribution >= 0.6 is 0 Å². The Morgan fingerprint density at radius 3 is 2.50 bits per heavy atom. The van der Waals surface area contributed by atoms with Gasteiger partial charge >= 0.3 is 0 Å². The number of carbonyl (C=O) groups excluding carboxylic acids is 1. The minimum atomic E-state index is -2.20. The van der Waals surface area contributed by atoms with Gasteiger partial charge in [0.05, 0.1) is 18.8 Å². The summed E-state index contributed by atoms with van der Waals surface area (Å²) < 4.78 is 5.83. The van der Waals surface area contributed by atoms with Gasteiger partial charge in [0.15, 0.2) is 5.78 Å². The molecule has 9 atom stereocenters. The van der Waals surface area contributed by atoms with Gasteiger partial charge in [0.25, 0.3) is 0 Å². The van der Waals surface area contributed by atoms with E-state index in [0.717, 1.165) is 12.8 Å². The number of fused-ring (bicyclic) bond motifs is 2. The summed E-state index contributed by atoms with van der Waals surface area (Å²) in [7, 11) is 0. The van der Waals surface area contributed by atoms with Crippen molar-refractivity contribution in [2.45, 2.75) is 63.6 Å². The van der Waals surface area contributed by atoms with E-state index >= 15 is 0 Å². The average Bonchev–Trinajstić information content (AvgIpc) is 2.67. The highest BCUT2D eigenvalue weighted by atomic mass is 16.6. The monoisotopic (exact) mass is 364 g/mol. The van der Waals surface area contributed by atoms with Gasteiger partial charge < -0.3 is 25.2 Å². The molecule has 0 amide bonds. The minimum Gasteiger partial charge on any atom is -0.393 e. The number of Topliss-reactive ketones (excluding diaryl/α,β-unsaturated/α-hetero) is 1. The standard InChI is InChI=1S/C20H28O6/c1-9-10-7-11(21)12-18-6-4-5-17(2,3)13(18)16(24)20(25,26-8-18)19(12,14(9)22)15(10)23/h10-13,15-16,21,23-25H,1,4-8H2,2-3H3/t10-,11-,12-,13-,15+,16-,18?,19-,20+/m0/s1. The molecule has 0 radical (unpaired) electrons. The lowest BCUT2D eigenvalue weighted by Gasteiger charge is -2.74. The number of ether oxygens (including phenoxy) is 1. The van der Waals surface area contributed by atoms with Crippen LogP contribution in [-0.2, 0) is 9.53 Å². The number of aliphatic hydroxyl groups is 4. The second-order valence-corrected chi connectivity index (χ2v) is 10.0. The quantitative estimate of drug-likeness (QED) is 0.463. The molecule has 6 aliphatic rings. The molecule has 2 spiro atoms. The Kier molecular flexibility index (Phi) is 3.07. The Balaban J connectivity index is 1.82. The highest BCUT2D eigenvalue weighted by Gasteiger charge is 2.87.